The molecule has 1 N–H and O–H groups in total. The van der Waals surface area contributed by atoms with Gasteiger partial charge in [-0.1, -0.05) is 0 Å². The van der Waals surface area contributed by atoms with Gasteiger partial charge >= 0.3 is 0 Å². The van der Waals surface area contributed by atoms with E-state index in [2.05, 4.69) is 5.32 Å². The van der Waals surface area contributed by atoms with Crippen molar-refractivity contribution in [2.24, 2.45) is 0 Å². The van der Waals surface area contributed by atoms with Gasteiger partial charge in [-0.25, -0.2) is 8.42 Å². The van der Waals surface area contributed by atoms with Crippen LogP contribution in [-0.2, 0) is 10.0 Å². The molecule has 2 aromatic rings. The number of carbonyl (C=O) groups excluding carboxylic acids is 1. The number of rotatable bonds is 5. The van der Waals surface area contributed by atoms with E-state index in [0.717, 1.165) is 10.1 Å². The highest BCUT2D eigenvalue weighted by atomic mass is 32.2. The van der Waals surface area contributed by atoms with Gasteiger partial charge in [-0.15, -0.1) is 11.3 Å². The maximum Gasteiger partial charge on any atom is 0.261 e. The van der Waals surface area contributed by atoms with Crippen molar-refractivity contribution in [2.45, 2.75) is 13.8 Å². The Kier molecular flexibility index (Phi) is 4.53. The highest BCUT2D eigenvalue weighted by molar-refractivity contribution is 7.92. The highest BCUT2D eigenvalue weighted by Crippen LogP contribution is 2.30. The van der Waals surface area contributed by atoms with E-state index < -0.39 is 10.0 Å². The molecule has 0 bridgehead atoms. The Morgan fingerprint density at radius 2 is 2.00 bits per heavy atom. The fourth-order valence-corrected chi connectivity index (χ4v) is 4.08. The summed E-state index contributed by atoms with van der Waals surface area (Å²) in [5.41, 5.74) is 0.618. The maximum absolute atomic E-state index is 11.8. The summed E-state index contributed by atoms with van der Waals surface area (Å²) in [5, 5.41) is 3.64. The van der Waals surface area contributed by atoms with E-state index in [4.69, 9.17) is 0 Å². The van der Waals surface area contributed by atoms with Gasteiger partial charge in [-0.3, -0.25) is 9.10 Å². The molecule has 0 spiro atoms. The molecule has 1 aromatic carbocycles. The monoisotopic (exact) mass is 326 g/mol. The van der Waals surface area contributed by atoms with Crippen LogP contribution in [0.5, 0.6) is 0 Å². The summed E-state index contributed by atoms with van der Waals surface area (Å²) in [6, 6.07) is 7.22. The molecule has 0 aliphatic heterocycles. The number of anilines is 1. The summed E-state index contributed by atoms with van der Waals surface area (Å²) in [5.74, 6) is -0.101. The van der Waals surface area contributed by atoms with Gasteiger partial charge in [0.15, 0.2) is 0 Å². The van der Waals surface area contributed by atoms with Crippen molar-refractivity contribution < 1.29 is 13.2 Å². The Bertz CT molecular complexity index is 766. The summed E-state index contributed by atoms with van der Waals surface area (Å²) >= 11 is 1.40. The van der Waals surface area contributed by atoms with Gasteiger partial charge in [0.1, 0.15) is 0 Å². The second kappa shape index (κ2) is 6.03. The molecule has 114 valence electrons. The predicted octanol–water partition coefficient (Wildman–Crippen LogP) is 2.44. The number of amides is 1. The molecule has 1 amide bonds. The summed E-state index contributed by atoms with van der Waals surface area (Å²) in [4.78, 5) is 12.5. The molecule has 0 unspecified atom stereocenters. The quantitative estimate of drug-likeness (QED) is 0.918. The van der Waals surface area contributed by atoms with E-state index in [1.807, 2.05) is 13.0 Å². The van der Waals surface area contributed by atoms with E-state index in [-0.39, 0.29) is 5.91 Å². The van der Waals surface area contributed by atoms with Gasteiger partial charge in [-0.2, -0.15) is 0 Å². The minimum absolute atomic E-state index is 0.101. The van der Waals surface area contributed by atoms with Crippen molar-refractivity contribution in [1.82, 2.24) is 5.32 Å². The minimum Gasteiger partial charge on any atom is -0.352 e. The van der Waals surface area contributed by atoms with Crippen molar-refractivity contribution in [3.05, 3.63) is 29.1 Å². The molecule has 0 saturated carbocycles. The van der Waals surface area contributed by atoms with Crippen molar-refractivity contribution in [3.63, 3.8) is 0 Å². The third kappa shape index (κ3) is 3.36. The number of fused-ring (bicyclic) bond motifs is 1. The van der Waals surface area contributed by atoms with Crippen LogP contribution in [0.15, 0.2) is 24.3 Å². The SMILES string of the molecule is CCNC(=O)c1cc2cc(N(CC)S(C)(=O)=O)ccc2s1. The Balaban J connectivity index is 2.44. The first-order valence-electron chi connectivity index (χ1n) is 6.66. The number of hydrogen-bond donors (Lipinski definition) is 1. The molecule has 21 heavy (non-hydrogen) atoms. The van der Waals surface area contributed by atoms with Crippen LogP contribution in [0.25, 0.3) is 10.1 Å². The summed E-state index contributed by atoms with van der Waals surface area (Å²) in [6.45, 7) is 4.61. The molecular weight excluding hydrogens is 308 g/mol. The van der Waals surface area contributed by atoms with Crippen LogP contribution < -0.4 is 9.62 Å². The number of sulfonamides is 1. The molecule has 1 heterocycles. The average molecular weight is 326 g/mol. The summed E-state index contributed by atoms with van der Waals surface area (Å²) < 4.78 is 25.8. The van der Waals surface area contributed by atoms with Crippen LogP contribution in [0.1, 0.15) is 23.5 Å². The van der Waals surface area contributed by atoms with Crippen molar-refractivity contribution >= 4 is 43.0 Å². The van der Waals surface area contributed by atoms with Crippen LogP contribution in [-0.4, -0.2) is 33.7 Å². The van der Waals surface area contributed by atoms with Crippen LogP contribution in [0.4, 0.5) is 5.69 Å². The van der Waals surface area contributed by atoms with E-state index in [9.17, 15) is 13.2 Å². The molecule has 0 aliphatic carbocycles. The Morgan fingerprint density at radius 1 is 1.29 bits per heavy atom. The standard InChI is InChI=1S/C14H18N2O3S2/c1-4-15-14(17)13-9-10-8-11(6-7-12(10)20-13)16(5-2)21(3,18)19/h6-9H,4-5H2,1-3H3,(H,15,17). The topological polar surface area (TPSA) is 66.5 Å². The van der Waals surface area contributed by atoms with Crippen molar-refractivity contribution in [3.8, 4) is 0 Å². The zero-order valence-corrected chi connectivity index (χ0v) is 13.8. The lowest BCUT2D eigenvalue weighted by Crippen LogP contribution is -2.29. The first-order chi connectivity index (χ1) is 9.86. The minimum atomic E-state index is -3.30. The second-order valence-electron chi connectivity index (χ2n) is 4.62. The van der Waals surface area contributed by atoms with Crippen molar-refractivity contribution in [1.29, 1.82) is 0 Å². The first kappa shape index (κ1) is 15.8. The lowest BCUT2D eigenvalue weighted by atomic mass is 10.2. The molecule has 5 nitrogen and oxygen atoms in total. The smallest absolute Gasteiger partial charge is 0.261 e. The van der Waals surface area contributed by atoms with E-state index in [1.54, 1.807) is 25.1 Å². The molecule has 0 aliphatic rings. The van der Waals surface area contributed by atoms with Crippen LogP contribution >= 0.6 is 11.3 Å². The lowest BCUT2D eigenvalue weighted by Gasteiger charge is -2.20. The normalized spacial score (nSPS) is 11.6. The zero-order valence-electron chi connectivity index (χ0n) is 12.2. The second-order valence-corrected chi connectivity index (χ2v) is 7.61. The molecular formula is C14H18N2O3S2. The molecule has 0 saturated heterocycles. The number of benzene rings is 1. The largest absolute Gasteiger partial charge is 0.352 e. The van der Waals surface area contributed by atoms with Gasteiger partial charge in [0.05, 0.1) is 16.8 Å². The average Bonchev–Trinajstić information content (AvgIpc) is 2.81. The zero-order chi connectivity index (χ0) is 15.6. The van der Waals surface area contributed by atoms with Gasteiger partial charge < -0.3 is 5.32 Å². The van der Waals surface area contributed by atoms with Crippen LogP contribution in [0.2, 0.25) is 0 Å². The van der Waals surface area contributed by atoms with Gasteiger partial charge in [0.2, 0.25) is 10.0 Å². The fraction of sp³-hybridized carbons (Fsp3) is 0.357. The van der Waals surface area contributed by atoms with Crippen LogP contribution in [0, 0.1) is 0 Å². The lowest BCUT2D eigenvalue weighted by molar-refractivity contribution is 0.0960. The van der Waals surface area contributed by atoms with Crippen LogP contribution in [0.3, 0.4) is 0 Å². The maximum atomic E-state index is 11.8. The molecule has 7 heteroatoms. The number of nitrogens with one attached hydrogen (secondary N) is 1. The van der Waals surface area contributed by atoms with E-state index in [1.165, 1.54) is 21.9 Å². The molecule has 1 aromatic heterocycles. The number of carbonyl (C=O) groups is 1. The Labute approximate surface area is 128 Å². The Morgan fingerprint density at radius 3 is 2.57 bits per heavy atom. The van der Waals surface area contributed by atoms with Crippen molar-refractivity contribution in [2.75, 3.05) is 23.7 Å². The molecule has 2 rings (SSSR count). The predicted molar refractivity (Wildman–Crippen MR) is 87.7 cm³/mol. The molecule has 0 radical (unpaired) electrons. The summed E-state index contributed by atoms with van der Waals surface area (Å²) in [6.07, 6.45) is 1.19. The fourth-order valence-electron chi connectivity index (χ4n) is 2.15. The number of thiophene rings is 1. The van der Waals surface area contributed by atoms with Gasteiger partial charge in [0, 0.05) is 17.8 Å². The highest BCUT2D eigenvalue weighted by Gasteiger charge is 2.16. The number of hydrogen-bond acceptors (Lipinski definition) is 4. The molecule has 0 fully saturated rings. The van der Waals surface area contributed by atoms with Gasteiger partial charge in [-0.05, 0) is 43.5 Å². The summed E-state index contributed by atoms with van der Waals surface area (Å²) in [7, 11) is -3.30. The Hall–Kier alpha value is -1.60. The van der Waals surface area contributed by atoms with E-state index >= 15 is 0 Å². The van der Waals surface area contributed by atoms with E-state index in [0.29, 0.717) is 23.7 Å². The third-order valence-corrected chi connectivity index (χ3v) is 5.42. The third-order valence-electron chi connectivity index (χ3n) is 3.04. The first-order valence-corrected chi connectivity index (χ1v) is 9.32. The van der Waals surface area contributed by atoms with Gasteiger partial charge in [0.25, 0.3) is 5.91 Å². The molecule has 0 atom stereocenters. The number of nitrogens with zero attached hydrogens (tertiary/aromatic N) is 1.